The Morgan fingerprint density at radius 3 is 2.24 bits per heavy atom. The Bertz CT molecular complexity index is 598. The minimum absolute atomic E-state index is 0.347. The molecule has 0 bridgehead atoms. The molecule has 0 spiro atoms. The molecule has 4 heteroatoms. The van der Waals surface area contributed by atoms with Crippen LogP contribution in [0.1, 0.15) is 6.92 Å². The van der Waals surface area contributed by atoms with Crippen molar-refractivity contribution in [2.45, 2.75) is 13.0 Å². The number of anilines is 1. The lowest BCUT2D eigenvalue weighted by atomic mass is 10.0. The molecule has 0 aromatic heterocycles. The zero-order valence-corrected chi connectivity index (χ0v) is 12.4. The van der Waals surface area contributed by atoms with Crippen LogP contribution in [0, 0.1) is 0 Å². The average molecular weight is 285 g/mol. The molecule has 2 aromatic rings. The second kappa shape index (κ2) is 6.90. The summed E-state index contributed by atoms with van der Waals surface area (Å²) in [6, 6.07) is 17.2. The number of carbonyl (C=O) groups is 1. The summed E-state index contributed by atoms with van der Waals surface area (Å²) in [6.07, 6.45) is 0. The first kappa shape index (κ1) is 15.1. The molecular formula is C17H19NO3. The normalized spacial score (nSPS) is 11.8. The first-order chi connectivity index (χ1) is 10.2. The van der Waals surface area contributed by atoms with E-state index in [0.717, 1.165) is 16.8 Å². The lowest BCUT2D eigenvalue weighted by Gasteiger charge is -2.28. The molecule has 2 aromatic carbocycles. The molecule has 0 aliphatic heterocycles. The second-order valence-electron chi connectivity index (χ2n) is 4.59. The molecule has 4 nitrogen and oxygen atoms in total. The molecule has 0 N–H and O–H groups in total. The fraction of sp³-hybridized carbons (Fsp3) is 0.235. The lowest BCUT2D eigenvalue weighted by molar-refractivity contribution is -0.143. The largest absolute Gasteiger partial charge is 0.467 e. The number of ether oxygens (including phenoxy) is 1. The minimum Gasteiger partial charge on any atom is -0.467 e. The van der Waals surface area contributed by atoms with Gasteiger partial charge in [-0.25, -0.2) is 9.86 Å². The number of benzene rings is 2. The molecular weight excluding hydrogens is 266 g/mol. The van der Waals surface area contributed by atoms with Crippen LogP contribution in [0.4, 0.5) is 5.69 Å². The highest BCUT2D eigenvalue weighted by Crippen LogP contribution is 2.31. The summed E-state index contributed by atoms with van der Waals surface area (Å²) in [5.41, 5.74) is 2.88. The molecule has 21 heavy (non-hydrogen) atoms. The molecule has 2 rings (SSSR count). The third-order valence-electron chi connectivity index (χ3n) is 3.32. The van der Waals surface area contributed by atoms with E-state index in [9.17, 15) is 4.79 Å². The van der Waals surface area contributed by atoms with Gasteiger partial charge in [0.05, 0.1) is 19.9 Å². The molecule has 0 fully saturated rings. The summed E-state index contributed by atoms with van der Waals surface area (Å²) in [5.74, 6) is -0.347. The topological polar surface area (TPSA) is 38.8 Å². The SMILES string of the molecule is COC(=O)[C@H](C)N(OC)c1ccccc1-c1ccccc1. The van der Waals surface area contributed by atoms with Crippen molar-refractivity contribution in [3.8, 4) is 11.1 Å². The number of hydroxylamine groups is 1. The highest BCUT2D eigenvalue weighted by Gasteiger charge is 2.24. The van der Waals surface area contributed by atoms with Gasteiger partial charge in [0, 0.05) is 5.56 Å². The van der Waals surface area contributed by atoms with Crippen LogP contribution in [0.25, 0.3) is 11.1 Å². The fourth-order valence-electron chi connectivity index (χ4n) is 2.26. The van der Waals surface area contributed by atoms with Crippen molar-refractivity contribution in [3.63, 3.8) is 0 Å². The highest BCUT2D eigenvalue weighted by molar-refractivity contribution is 5.84. The predicted octanol–water partition coefficient (Wildman–Crippen LogP) is 3.28. The van der Waals surface area contributed by atoms with Crippen LogP contribution in [0.15, 0.2) is 54.6 Å². The maximum atomic E-state index is 11.8. The zero-order chi connectivity index (χ0) is 15.2. The van der Waals surface area contributed by atoms with Gasteiger partial charge in [-0.3, -0.25) is 4.84 Å². The van der Waals surface area contributed by atoms with Gasteiger partial charge < -0.3 is 4.74 Å². The maximum absolute atomic E-state index is 11.8. The van der Waals surface area contributed by atoms with Gasteiger partial charge in [0.1, 0.15) is 0 Å². The van der Waals surface area contributed by atoms with E-state index in [0.29, 0.717) is 0 Å². The van der Waals surface area contributed by atoms with E-state index < -0.39 is 6.04 Å². The average Bonchev–Trinajstić information content (AvgIpc) is 2.56. The number of nitrogens with zero attached hydrogens (tertiary/aromatic N) is 1. The number of para-hydroxylation sites is 1. The second-order valence-corrected chi connectivity index (χ2v) is 4.59. The van der Waals surface area contributed by atoms with Crippen LogP contribution in [0.3, 0.4) is 0 Å². The number of methoxy groups -OCH3 is 1. The van der Waals surface area contributed by atoms with Gasteiger partial charge in [0.15, 0.2) is 6.04 Å². The number of hydrogen-bond donors (Lipinski definition) is 0. The van der Waals surface area contributed by atoms with Crippen LogP contribution in [-0.2, 0) is 14.4 Å². The minimum atomic E-state index is -0.537. The van der Waals surface area contributed by atoms with Crippen molar-refractivity contribution in [2.24, 2.45) is 0 Å². The smallest absolute Gasteiger partial charge is 0.330 e. The third-order valence-corrected chi connectivity index (χ3v) is 3.32. The number of hydrogen-bond acceptors (Lipinski definition) is 4. The van der Waals surface area contributed by atoms with Crippen molar-refractivity contribution in [1.29, 1.82) is 0 Å². The van der Waals surface area contributed by atoms with Gasteiger partial charge in [0.25, 0.3) is 0 Å². The first-order valence-corrected chi connectivity index (χ1v) is 6.74. The van der Waals surface area contributed by atoms with E-state index in [1.165, 1.54) is 7.11 Å². The van der Waals surface area contributed by atoms with E-state index in [4.69, 9.17) is 9.57 Å². The van der Waals surface area contributed by atoms with E-state index in [1.807, 2.05) is 54.6 Å². The fourth-order valence-corrected chi connectivity index (χ4v) is 2.26. The van der Waals surface area contributed by atoms with Crippen molar-refractivity contribution in [3.05, 3.63) is 54.6 Å². The molecule has 0 saturated heterocycles. The van der Waals surface area contributed by atoms with E-state index in [2.05, 4.69) is 0 Å². The Morgan fingerprint density at radius 2 is 1.62 bits per heavy atom. The Kier molecular flexibility index (Phi) is 4.95. The van der Waals surface area contributed by atoms with E-state index in [-0.39, 0.29) is 5.97 Å². The van der Waals surface area contributed by atoms with E-state index in [1.54, 1.807) is 19.1 Å². The maximum Gasteiger partial charge on any atom is 0.330 e. The summed E-state index contributed by atoms with van der Waals surface area (Å²) >= 11 is 0. The van der Waals surface area contributed by atoms with Crippen LogP contribution < -0.4 is 5.06 Å². The van der Waals surface area contributed by atoms with Gasteiger partial charge in [-0.05, 0) is 18.6 Å². The summed E-state index contributed by atoms with van der Waals surface area (Å²) in [4.78, 5) is 17.2. The quantitative estimate of drug-likeness (QED) is 0.624. The Labute approximate surface area is 124 Å². The van der Waals surface area contributed by atoms with Crippen molar-refractivity contribution in [1.82, 2.24) is 0 Å². The van der Waals surface area contributed by atoms with Crippen molar-refractivity contribution < 1.29 is 14.4 Å². The zero-order valence-electron chi connectivity index (χ0n) is 12.4. The van der Waals surface area contributed by atoms with Gasteiger partial charge in [-0.15, -0.1) is 0 Å². The molecule has 0 heterocycles. The number of esters is 1. The Balaban J connectivity index is 2.45. The monoisotopic (exact) mass is 285 g/mol. The van der Waals surface area contributed by atoms with Crippen LogP contribution in [-0.4, -0.2) is 26.2 Å². The van der Waals surface area contributed by atoms with Gasteiger partial charge in [-0.1, -0.05) is 48.5 Å². The molecule has 0 amide bonds. The van der Waals surface area contributed by atoms with Gasteiger partial charge in [0.2, 0.25) is 0 Å². The van der Waals surface area contributed by atoms with Crippen molar-refractivity contribution >= 4 is 11.7 Å². The standard InChI is InChI=1S/C17H19NO3/c1-13(17(19)20-2)18(21-3)16-12-8-7-11-15(16)14-9-5-4-6-10-14/h4-13H,1-3H3/t13-/m0/s1. The molecule has 0 aliphatic rings. The molecule has 0 radical (unpaired) electrons. The summed E-state index contributed by atoms with van der Waals surface area (Å²) in [7, 11) is 2.91. The summed E-state index contributed by atoms with van der Waals surface area (Å²) in [6.45, 7) is 1.75. The predicted molar refractivity (Wildman–Crippen MR) is 82.8 cm³/mol. The summed E-state index contributed by atoms with van der Waals surface area (Å²) in [5, 5.41) is 1.56. The summed E-state index contributed by atoms with van der Waals surface area (Å²) < 4.78 is 4.80. The van der Waals surface area contributed by atoms with Gasteiger partial charge in [-0.2, -0.15) is 0 Å². The van der Waals surface area contributed by atoms with Crippen LogP contribution >= 0.6 is 0 Å². The molecule has 0 aliphatic carbocycles. The molecule has 110 valence electrons. The molecule has 1 atom stereocenters. The number of rotatable bonds is 5. The molecule has 0 saturated carbocycles. The Hall–Kier alpha value is -2.33. The number of carbonyl (C=O) groups excluding carboxylic acids is 1. The third kappa shape index (κ3) is 3.23. The van der Waals surface area contributed by atoms with E-state index >= 15 is 0 Å². The first-order valence-electron chi connectivity index (χ1n) is 6.74. The Morgan fingerprint density at radius 1 is 1.00 bits per heavy atom. The lowest BCUT2D eigenvalue weighted by Crippen LogP contribution is -2.39. The molecule has 0 unspecified atom stereocenters. The van der Waals surface area contributed by atoms with Crippen LogP contribution in [0.2, 0.25) is 0 Å². The van der Waals surface area contributed by atoms with Gasteiger partial charge >= 0.3 is 5.97 Å². The van der Waals surface area contributed by atoms with Crippen LogP contribution in [0.5, 0.6) is 0 Å². The van der Waals surface area contributed by atoms with Crippen molar-refractivity contribution in [2.75, 3.05) is 19.3 Å². The highest BCUT2D eigenvalue weighted by atomic mass is 16.7.